The van der Waals surface area contributed by atoms with Crippen molar-refractivity contribution in [3.05, 3.63) is 30.1 Å². The minimum absolute atomic E-state index is 0.0417. The Hall–Kier alpha value is -2.18. The van der Waals surface area contributed by atoms with Crippen molar-refractivity contribution in [2.45, 2.75) is 74.5 Å². The van der Waals surface area contributed by atoms with Crippen LogP contribution in [-0.2, 0) is 35.1 Å². The molecule has 0 saturated carbocycles. The van der Waals surface area contributed by atoms with Crippen LogP contribution in [0.5, 0.6) is 0 Å². The number of nitrogens with one attached hydrogen (secondary N) is 3. The lowest BCUT2D eigenvalue weighted by molar-refractivity contribution is -0.152. The summed E-state index contributed by atoms with van der Waals surface area (Å²) < 4.78 is 8.16. The number of amides is 3. The Balaban J connectivity index is 0.00000107. The Morgan fingerprint density at radius 1 is 1.29 bits per heavy atom. The van der Waals surface area contributed by atoms with Crippen LogP contribution in [0, 0.1) is 0 Å². The van der Waals surface area contributed by atoms with E-state index in [0.717, 1.165) is 5.56 Å². The maximum absolute atomic E-state index is 12.8. The van der Waals surface area contributed by atoms with Gasteiger partial charge in [0.1, 0.15) is 24.7 Å². The lowest BCUT2D eigenvalue weighted by Crippen LogP contribution is -2.60. The molecule has 1 fully saturated rings. The van der Waals surface area contributed by atoms with Gasteiger partial charge in [-0.15, -0.1) is 0 Å². The normalized spacial score (nSPS) is 17.3. The van der Waals surface area contributed by atoms with E-state index in [-0.39, 0.29) is 12.0 Å². The fourth-order valence-electron chi connectivity index (χ4n) is 3.04. The Bertz CT molecular complexity index is 911. The first kappa shape index (κ1) is 33.8. The Labute approximate surface area is 238 Å². The lowest BCUT2D eigenvalue weighted by Gasteiger charge is -2.34. The summed E-state index contributed by atoms with van der Waals surface area (Å²) >= 11 is 16.7. The Kier molecular flexibility index (Phi) is 14.3. The van der Waals surface area contributed by atoms with Gasteiger partial charge in [-0.25, -0.2) is 5.43 Å². The number of pyridine rings is 1. The topological polar surface area (TPSA) is 139 Å². The van der Waals surface area contributed by atoms with Gasteiger partial charge in [0, 0.05) is 32.5 Å². The summed E-state index contributed by atoms with van der Waals surface area (Å²) in [6.45, 7) is 7.48. The molecule has 11 nitrogen and oxygen atoms in total. The molecule has 38 heavy (non-hydrogen) atoms. The van der Waals surface area contributed by atoms with Gasteiger partial charge in [0.15, 0.2) is 0 Å². The third-order valence-electron chi connectivity index (χ3n) is 5.20. The van der Waals surface area contributed by atoms with E-state index < -0.39 is 46.3 Å². The number of ether oxygens (including phenoxy) is 2. The van der Waals surface area contributed by atoms with E-state index in [1.807, 2.05) is 20.8 Å². The van der Waals surface area contributed by atoms with Gasteiger partial charge in [-0.05, 0) is 52.2 Å². The van der Waals surface area contributed by atoms with Gasteiger partial charge < -0.3 is 20.1 Å². The van der Waals surface area contributed by atoms with Crippen LogP contribution in [0.15, 0.2) is 24.5 Å². The minimum atomic E-state index is -1.74. The van der Waals surface area contributed by atoms with Gasteiger partial charge in [0.05, 0.1) is 5.60 Å². The first-order valence-electron chi connectivity index (χ1n) is 11.9. The second-order valence-electron chi connectivity index (χ2n) is 9.49. The van der Waals surface area contributed by atoms with Crippen molar-refractivity contribution in [3.8, 4) is 0 Å². The maximum atomic E-state index is 12.8. The number of rotatable bonds is 9. The van der Waals surface area contributed by atoms with Gasteiger partial charge in [-0.3, -0.25) is 29.2 Å². The monoisotopic (exact) mass is 595 g/mol. The van der Waals surface area contributed by atoms with Crippen molar-refractivity contribution in [1.82, 2.24) is 26.1 Å². The highest BCUT2D eigenvalue weighted by Gasteiger charge is 2.33. The lowest BCUT2D eigenvalue weighted by atomic mass is 10.1. The summed E-state index contributed by atoms with van der Waals surface area (Å²) in [7, 11) is 1.71. The first-order chi connectivity index (χ1) is 17.7. The summed E-state index contributed by atoms with van der Waals surface area (Å²) in [5.41, 5.74) is 3.57. The van der Waals surface area contributed by atoms with Crippen molar-refractivity contribution in [1.29, 1.82) is 0 Å². The van der Waals surface area contributed by atoms with Crippen LogP contribution in [0.2, 0.25) is 0 Å². The van der Waals surface area contributed by atoms with E-state index in [0.29, 0.717) is 25.8 Å². The van der Waals surface area contributed by atoms with Gasteiger partial charge in [-0.2, -0.15) is 0 Å². The molecule has 1 aromatic rings. The highest BCUT2D eigenvalue weighted by Crippen LogP contribution is 2.26. The van der Waals surface area contributed by atoms with E-state index >= 15 is 0 Å². The number of halogens is 3. The molecule has 0 aliphatic carbocycles. The molecular weight excluding hydrogens is 561 g/mol. The second-order valence-corrected chi connectivity index (χ2v) is 12.0. The number of nitrogens with zero attached hydrogens (tertiary/aromatic N) is 2. The zero-order valence-electron chi connectivity index (χ0n) is 22.1. The molecule has 3 N–H and O–H groups in total. The molecule has 0 radical (unpaired) electrons. The third kappa shape index (κ3) is 13.6. The molecular formula is C24H36Cl3N5O6. The number of esters is 1. The summed E-state index contributed by atoms with van der Waals surface area (Å²) in [5, 5.41) is 6.29. The molecule has 214 valence electrons. The minimum Gasteiger partial charge on any atom is -0.460 e. The summed E-state index contributed by atoms with van der Waals surface area (Å²) in [5.74, 6) is -1.64. The van der Waals surface area contributed by atoms with E-state index in [2.05, 4.69) is 21.0 Å². The zero-order chi connectivity index (χ0) is 28.9. The number of hydrogen-bond donors (Lipinski definition) is 3. The molecule has 3 amide bonds. The first-order valence-corrected chi connectivity index (χ1v) is 13.0. The molecule has 1 aromatic heterocycles. The van der Waals surface area contributed by atoms with Crippen LogP contribution in [0.4, 0.5) is 0 Å². The summed E-state index contributed by atoms with van der Waals surface area (Å²) in [4.78, 5) is 52.5. The molecule has 2 heterocycles. The maximum Gasteiger partial charge on any atom is 0.325 e. The standard InChI is InChI=1S/C19H24Cl3N5O5.C5H12O/c1-12(25-16(29)15(24-11-28)8-13-4-2-6-23-9-13)17(30)27-7-3-5-14(26-27)18(31)32-10-19(20,21)22;1-5(2,3)6-4/h2,4,6,9,11-12,14-15,26H,3,5,7-8,10H2,1H3,(H,24,28)(H,25,29);1-4H3. The molecule has 1 aliphatic rings. The molecule has 1 aliphatic heterocycles. The third-order valence-corrected chi connectivity index (χ3v) is 5.53. The van der Waals surface area contributed by atoms with Crippen molar-refractivity contribution in [2.75, 3.05) is 20.3 Å². The van der Waals surface area contributed by atoms with Crippen LogP contribution in [0.25, 0.3) is 0 Å². The Morgan fingerprint density at radius 2 is 1.95 bits per heavy atom. The average Bonchev–Trinajstić information content (AvgIpc) is 2.86. The van der Waals surface area contributed by atoms with Gasteiger partial charge >= 0.3 is 5.97 Å². The van der Waals surface area contributed by atoms with Gasteiger partial charge in [0.2, 0.25) is 16.1 Å². The van der Waals surface area contributed by atoms with Crippen LogP contribution in [0.1, 0.15) is 46.1 Å². The zero-order valence-corrected chi connectivity index (χ0v) is 24.4. The quantitative estimate of drug-likeness (QED) is 0.224. The SMILES string of the molecule is CC(NC(=O)C(Cc1cccnc1)NC=O)C(=O)N1CCCC(C(=O)OCC(Cl)(Cl)Cl)N1.COC(C)(C)C. The largest absolute Gasteiger partial charge is 0.460 e. The summed E-state index contributed by atoms with van der Waals surface area (Å²) in [6.07, 6.45) is 4.77. The Morgan fingerprint density at radius 3 is 2.47 bits per heavy atom. The highest BCUT2D eigenvalue weighted by atomic mass is 35.6. The fourth-order valence-corrected chi connectivity index (χ4v) is 3.21. The van der Waals surface area contributed by atoms with Crippen LogP contribution < -0.4 is 16.1 Å². The average molecular weight is 597 g/mol. The second kappa shape index (κ2) is 16.0. The number of hydrazine groups is 1. The molecule has 3 atom stereocenters. The molecule has 0 bridgehead atoms. The van der Waals surface area contributed by atoms with Gasteiger partial charge in [0.25, 0.3) is 5.91 Å². The molecule has 3 unspecified atom stereocenters. The van der Waals surface area contributed by atoms with E-state index in [1.165, 1.54) is 11.9 Å². The number of aromatic nitrogens is 1. The van der Waals surface area contributed by atoms with Gasteiger partial charge in [-0.1, -0.05) is 40.9 Å². The predicted molar refractivity (Wildman–Crippen MR) is 144 cm³/mol. The van der Waals surface area contributed by atoms with E-state index in [4.69, 9.17) is 44.3 Å². The number of hydrogen-bond acceptors (Lipinski definition) is 8. The number of methoxy groups -OCH3 is 1. The fraction of sp³-hybridized carbons (Fsp3) is 0.625. The van der Waals surface area contributed by atoms with E-state index in [1.54, 1.807) is 31.6 Å². The number of alkyl halides is 3. The van der Waals surface area contributed by atoms with E-state index in [9.17, 15) is 19.2 Å². The molecule has 0 aromatic carbocycles. The van der Waals surface area contributed by atoms with Crippen molar-refractivity contribution >= 4 is 59.0 Å². The molecule has 2 rings (SSSR count). The van der Waals surface area contributed by atoms with Crippen LogP contribution in [-0.4, -0.2) is 82.0 Å². The predicted octanol–water partition coefficient (Wildman–Crippen LogP) is 2.08. The van der Waals surface area contributed by atoms with Crippen molar-refractivity contribution < 1.29 is 28.7 Å². The van der Waals surface area contributed by atoms with Crippen LogP contribution >= 0.6 is 34.8 Å². The van der Waals surface area contributed by atoms with Crippen LogP contribution in [0.3, 0.4) is 0 Å². The molecule has 1 saturated heterocycles. The molecule has 14 heteroatoms. The molecule has 0 spiro atoms. The van der Waals surface area contributed by atoms with Crippen molar-refractivity contribution in [2.24, 2.45) is 0 Å². The summed E-state index contributed by atoms with van der Waals surface area (Å²) in [6, 6.07) is 0.891. The number of carbonyl (C=O) groups is 4. The smallest absolute Gasteiger partial charge is 0.325 e. The number of carbonyl (C=O) groups excluding carboxylic acids is 4. The highest BCUT2D eigenvalue weighted by molar-refractivity contribution is 6.67. The van der Waals surface area contributed by atoms with Crippen molar-refractivity contribution in [3.63, 3.8) is 0 Å².